The molecule has 8 nitrogen and oxygen atoms in total. The Balaban J connectivity index is 1.71. The molecule has 0 spiro atoms. The van der Waals surface area contributed by atoms with Gasteiger partial charge in [-0.2, -0.15) is 5.10 Å². The smallest absolute Gasteiger partial charge is 0.251 e. The lowest BCUT2D eigenvalue weighted by Gasteiger charge is -2.23. The quantitative estimate of drug-likeness (QED) is 0.349. The van der Waals surface area contributed by atoms with Gasteiger partial charge in [0, 0.05) is 16.6 Å². The number of nitrogens with one attached hydrogen (secondary N) is 1. The van der Waals surface area contributed by atoms with Gasteiger partial charge in [0.25, 0.3) is 5.91 Å². The van der Waals surface area contributed by atoms with E-state index in [4.69, 9.17) is 21.3 Å². The lowest BCUT2D eigenvalue weighted by Crippen LogP contribution is -2.43. The molecule has 4 aromatic rings. The summed E-state index contributed by atoms with van der Waals surface area (Å²) in [5.41, 5.74) is 1.60. The summed E-state index contributed by atoms with van der Waals surface area (Å²) in [6, 6.07) is 9.40. The predicted octanol–water partition coefficient (Wildman–Crippen LogP) is 5.06. The summed E-state index contributed by atoms with van der Waals surface area (Å²) >= 11 is 6.42. The van der Waals surface area contributed by atoms with Crippen LogP contribution in [0.5, 0.6) is 5.75 Å². The lowest BCUT2D eigenvalue weighted by molar-refractivity contribution is -0.137. The first-order chi connectivity index (χ1) is 17.3. The SMILES string of the molecule is Cc1cc(-n2nc(C)nc2C)c2cccc(OCc3c(Cl)cc(F)cc3[C@H](C)NC(=O)C(C)(C)O)c2n1. The topological polar surface area (TPSA) is 102 Å². The van der Waals surface area contributed by atoms with Crippen LogP contribution in [0.4, 0.5) is 4.39 Å². The molecule has 37 heavy (non-hydrogen) atoms. The van der Waals surface area contributed by atoms with Crippen molar-refractivity contribution in [2.75, 3.05) is 0 Å². The molecule has 0 saturated carbocycles. The monoisotopic (exact) mass is 525 g/mol. The minimum atomic E-state index is -1.59. The zero-order valence-electron chi connectivity index (χ0n) is 21.6. The van der Waals surface area contributed by atoms with Crippen LogP contribution in [0.25, 0.3) is 16.6 Å². The van der Waals surface area contributed by atoms with Crippen LogP contribution in [-0.2, 0) is 11.4 Å². The number of aliphatic hydroxyl groups is 1. The van der Waals surface area contributed by atoms with Crippen molar-refractivity contribution in [1.82, 2.24) is 25.1 Å². The van der Waals surface area contributed by atoms with E-state index in [1.165, 1.54) is 26.0 Å². The molecule has 2 aromatic carbocycles. The first-order valence-electron chi connectivity index (χ1n) is 11.8. The Morgan fingerprint density at radius 3 is 2.59 bits per heavy atom. The number of benzene rings is 2. The Kier molecular flexibility index (Phi) is 7.21. The highest BCUT2D eigenvalue weighted by Gasteiger charge is 2.27. The molecule has 0 fully saturated rings. The fourth-order valence-corrected chi connectivity index (χ4v) is 4.40. The fraction of sp³-hybridized carbons (Fsp3) is 0.333. The highest BCUT2D eigenvalue weighted by molar-refractivity contribution is 6.31. The Hall–Kier alpha value is -3.56. The van der Waals surface area contributed by atoms with Gasteiger partial charge in [0.2, 0.25) is 0 Å². The number of para-hydroxylation sites is 1. The van der Waals surface area contributed by atoms with E-state index >= 15 is 0 Å². The number of amides is 1. The Labute approximate surface area is 219 Å². The number of hydrogen-bond acceptors (Lipinski definition) is 6. The van der Waals surface area contributed by atoms with Crippen molar-refractivity contribution in [3.8, 4) is 11.4 Å². The van der Waals surface area contributed by atoms with Crippen LogP contribution in [0.3, 0.4) is 0 Å². The Morgan fingerprint density at radius 2 is 1.95 bits per heavy atom. The zero-order chi connectivity index (χ0) is 27.1. The molecule has 1 amide bonds. The molecular weight excluding hydrogens is 497 g/mol. The van der Waals surface area contributed by atoms with Crippen LogP contribution in [-0.4, -0.2) is 36.4 Å². The maximum Gasteiger partial charge on any atom is 0.251 e. The number of aryl methyl sites for hydroxylation is 3. The van der Waals surface area contributed by atoms with Gasteiger partial charge in [0.1, 0.15) is 40.9 Å². The van der Waals surface area contributed by atoms with E-state index in [-0.39, 0.29) is 11.6 Å². The highest BCUT2D eigenvalue weighted by Crippen LogP contribution is 2.32. The average molecular weight is 526 g/mol. The van der Waals surface area contributed by atoms with Crippen molar-refractivity contribution in [2.45, 2.75) is 59.8 Å². The van der Waals surface area contributed by atoms with Crippen LogP contribution < -0.4 is 10.1 Å². The standard InChI is InChI=1S/C27H29ClFN5O3/c1-14-10-23(34-17(4)32-16(3)33-34)19-8-7-9-24(25(19)30-14)37-13-21-20(11-18(29)12-22(21)28)15(2)31-26(35)27(5,6)36/h7-12,15,36H,13H2,1-6H3,(H,31,35)/t15-/m0/s1. The van der Waals surface area contributed by atoms with Crippen LogP contribution >= 0.6 is 11.6 Å². The molecule has 0 saturated heterocycles. The third-order valence-corrected chi connectivity index (χ3v) is 6.29. The molecule has 2 aromatic heterocycles. The van der Waals surface area contributed by atoms with E-state index in [1.807, 2.05) is 39.0 Å². The van der Waals surface area contributed by atoms with Crippen LogP contribution in [0.15, 0.2) is 36.4 Å². The molecule has 0 radical (unpaired) electrons. The molecule has 0 aliphatic carbocycles. The average Bonchev–Trinajstić information content (AvgIpc) is 3.14. The van der Waals surface area contributed by atoms with Gasteiger partial charge in [0.15, 0.2) is 0 Å². The largest absolute Gasteiger partial charge is 0.487 e. The molecule has 10 heteroatoms. The zero-order valence-corrected chi connectivity index (χ0v) is 22.3. The molecular formula is C27H29ClFN5O3. The lowest BCUT2D eigenvalue weighted by atomic mass is 10.00. The van der Waals surface area contributed by atoms with Crippen LogP contribution in [0.1, 0.15) is 55.3 Å². The number of rotatable bonds is 7. The molecule has 4 rings (SSSR count). The van der Waals surface area contributed by atoms with Gasteiger partial charge in [0.05, 0.1) is 16.8 Å². The van der Waals surface area contributed by atoms with Gasteiger partial charge in [-0.15, -0.1) is 0 Å². The van der Waals surface area contributed by atoms with Gasteiger partial charge >= 0.3 is 0 Å². The van der Waals surface area contributed by atoms with E-state index < -0.39 is 23.4 Å². The molecule has 0 aliphatic rings. The van der Waals surface area contributed by atoms with E-state index in [0.717, 1.165) is 22.6 Å². The molecule has 2 heterocycles. The van der Waals surface area contributed by atoms with Crippen molar-refractivity contribution in [3.05, 3.63) is 75.7 Å². The second-order valence-corrected chi connectivity index (χ2v) is 9.96. The van der Waals surface area contributed by atoms with E-state index in [2.05, 4.69) is 15.4 Å². The Morgan fingerprint density at radius 1 is 1.22 bits per heavy atom. The predicted molar refractivity (Wildman–Crippen MR) is 139 cm³/mol. The molecule has 0 unspecified atom stereocenters. The van der Waals surface area contributed by atoms with E-state index in [9.17, 15) is 14.3 Å². The Bertz CT molecular complexity index is 1500. The third kappa shape index (κ3) is 5.57. The maximum absolute atomic E-state index is 14.3. The number of ether oxygens (including phenoxy) is 1. The van der Waals surface area contributed by atoms with E-state index in [0.29, 0.717) is 28.2 Å². The minimum Gasteiger partial charge on any atom is -0.487 e. The van der Waals surface area contributed by atoms with Crippen molar-refractivity contribution >= 4 is 28.4 Å². The van der Waals surface area contributed by atoms with Crippen molar-refractivity contribution in [2.24, 2.45) is 0 Å². The summed E-state index contributed by atoms with van der Waals surface area (Å²) in [6.45, 7) is 10.1. The van der Waals surface area contributed by atoms with Gasteiger partial charge in [-0.25, -0.2) is 19.0 Å². The van der Waals surface area contributed by atoms with Crippen molar-refractivity contribution in [1.29, 1.82) is 0 Å². The van der Waals surface area contributed by atoms with Gasteiger partial charge in [-0.1, -0.05) is 23.7 Å². The third-order valence-electron chi connectivity index (χ3n) is 5.95. The van der Waals surface area contributed by atoms with Gasteiger partial charge in [-0.3, -0.25) is 4.79 Å². The maximum atomic E-state index is 14.3. The number of carbonyl (C=O) groups excluding carboxylic acids is 1. The molecule has 0 bridgehead atoms. The number of carbonyl (C=O) groups is 1. The first-order valence-corrected chi connectivity index (χ1v) is 12.2. The summed E-state index contributed by atoms with van der Waals surface area (Å²) in [7, 11) is 0. The van der Waals surface area contributed by atoms with Gasteiger partial charge < -0.3 is 15.2 Å². The summed E-state index contributed by atoms with van der Waals surface area (Å²) in [5, 5.41) is 18.2. The first kappa shape index (κ1) is 26.5. The second kappa shape index (κ2) is 10.1. The van der Waals surface area contributed by atoms with Gasteiger partial charge in [-0.05, 0) is 71.4 Å². The normalized spacial score (nSPS) is 12.6. The highest BCUT2D eigenvalue weighted by atomic mass is 35.5. The number of halogens is 2. The summed E-state index contributed by atoms with van der Waals surface area (Å²) < 4.78 is 22.3. The molecule has 1 atom stereocenters. The summed E-state index contributed by atoms with van der Waals surface area (Å²) in [6.07, 6.45) is 0. The minimum absolute atomic E-state index is 0.00268. The summed E-state index contributed by atoms with van der Waals surface area (Å²) in [4.78, 5) is 21.4. The van der Waals surface area contributed by atoms with Crippen LogP contribution in [0.2, 0.25) is 5.02 Å². The van der Waals surface area contributed by atoms with E-state index in [1.54, 1.807) is 17.7 Å². The molecule has 2 N–H and O–H groups in total. The number of nitrogens with zero attached hydrogens (tertiary/aromatic N) is 4. The van der Waals surface area contributed by atoms with Crippen LogP contribution in [0, 0.1) is 26.6 Å². The molecule has 194 valence electrons. The fourth-order valence-electron chi connectivity index (χ4n) is 4.13. The number of fused-ring (bicyclic) bond motifs is 1. The second-order valence-electron chi connectivity index (χ2n) is 9.55. The summed E-state index contributed by atoms with van der Waals surface area (Å²) in [5.74, 6) is 0.791. The number of hydrogen-bond donors (Lipinski definition) is 2. The number of pyridine rings is 1. The number of aromatic nitrogens is 4. The van der Waals surface area contributed by atoms with Crippen molar-refractivity contribution < 1.29 is 19.0 Å². The van der Waals surface area contributed by atoms with Crippen molar-refractivity contribution in [3.63, 3.8) is 0 Å². The molecule has 0 aliphatic heterocycles.